The number of imide groups is 1. The third kappa shape index (κ3) is 7.48. The van der Waals surface area contributed by atoms with Gasteiger partial charge in [-0.3, -0.25) is 38.4 Å². The van der Waals surface area contributed by atoms with E-state index < -0.39 is 29.8 Å². The Labute approximate surface area is 326 Å². The van der Waals surface area contributed by atoms with Crippen molar-refractivity contribution < 1.29 is 28.7 Å². The second-order valence-electron chi connectivity index (χ2n) is 13.9. The van der Waals surface area contributed by atoms with Crippen LogP contribution in [0.1, 0.15) is 105 Å². The third-order valence-electron chi connectivity index (χ3n) is 10.1. The number of Topliss-reactive ketones (excluding diaryl/α,β-unsaturated/α-hetero) is 1. The van der Waals surface area contributed by atoms with E-state index in [1.165, 1.54) is 12.1 Å². The lowest BCUT2D eigenvalue weighted by atomic mass is 9.99. The lowest BCUT2D eigenvalue weighted by molar-refractivity contribution is -0.125. The smallest absolute Gasteiger partial charge is 0.266 e. The van der Waals surface area contributed by atoms with Crippen LogP contribution >= 0.6 is 22.9 Å². The summed E-state index contributed by atoms with van der Waals surface area (Å²) in [5.74, 6) is -0.526. The summed E-state index contributed by atoms with van der Waals surface area (Å²) in [6.07, 6.45) is 3.01. The molecular formula is C40H40ClN7O6S. The molecule has 13 nitrogen and oxygen atoms in total. The number of piperidine rings is 1. The van der Waals surface area contributed by atoms with Crippen LogP contribution in [-0.2, 0) is 14.4 Å². The molecule has 3 aliphatic rings. The van der Waals surface area contributed by atoms with E-state index in [-0.39, 0.29) is 54.4 Å². The zero-order valence-corrected chi connectivity index (χ0v) is 32.3. The van der Waals surface area contributed by atoms with Gasteiger partial charge in [-0.15, -0.1) is 21.5 Å². The maximum Gasteiger partial charge on any atom is 0.266 e. The monoisotopic (exact) mass is 781 g/mol. The molecule has 2 atom stereocenters. The van der Waals surface area contributed by atoms with Crippen LogP contribution in [0.5, 0.6) is 5.75 Å². The van der Waals surface area contributed by atoms with Gasteiger partial charge in [0, 0.05) is 39.7 Å². The first kappa shape index (κ1) is 37.8. The van der Waals surface area contributed by atoms with Crippen molar-refractivity contribution in [1.29, 1.82) is 0 Å². The molecule has 2 aromatic carbocycles. The Bertz CT molecular complexity index is 2280. The summed E-state index contributed by atoms with van der Waals surface area (Å²) in [5.41, 5.74) is 4.53. The summed E-state index contributed by atoms with van der Waals surface area (Å²) in [5, 5.41) is 16.0. The fraction of sp³-hybridized carbons (Fsp3) is 0.350. The average molecular weight is 782 g/mol. The molecule has 15 heteroatoms. The lowest BCUT2D eigenvalue weighted by Crippen LogP contribution is -2.51. The van der Waals surface area contributed by atoms with Gasteiger partial charge in [-0.2, -0.15) is 0 Å². The molecule has 0 spiro atoms. The first-order valence-corrected chi connectivity index (χ1v) is 19.4. The number of carbonyl (C=O) groups is 5. The summed E-state index contributed by atoms with van der Waals surface area (Å²) in [6, 6.07) is 10.7. The van der Waals surface area contributed by atoms with E-state index in [1.807, 2.05) is 35.8 Å². The summed E-state index contributed by atoms with van der Waals surface area (Å²) >= 11 is 7.86. The van der Waals surface area contributed by atoms with Crippen molar-refractivity contribution in [3.05, 3.63) is 104 Å². The van der Waals surface area contributed by atoms with Gasteiger partial charge in [0.15, 0.2) is 11.6 Å². The predicted molar refractivity (Wildman–Crippen MR) is 207 cm³/mol. The summed E-state index contributed by atoms with van der Waals surface area (Å²) in [7, 11) is 0. The largest absolute Gasteiger partial charge is 0.485 e. The standard InChI is InChI=1S/C40H40ClN7O6S/c1-21-12-17-30(37(51)43-21)48-38(52)28-10-8-11-31(34(28)39(48)53)54-20-27(49)9-6-5-7-18-42-32(50)19-29-36-46-45-24(4)47(36)40-33(22(2)23(3)55-40)35(44-29)25-13-15-26(41)16-14-25/h8,10-11,13-16,29-30H,1,5-7,9,12,17-20H2,2-4H3,(H,42,50)(H,43,51)/t29-,30?/m0/s1. The van der Waals surface area contributed by atoms with Gasteiger partial charge in [0.2, 0.25) is 11.8 Å². The molecule has 1 unspecified atom stereocenters. The Kier molecular flexibility index (Phi) is 10.8. The highest BCUT2D eigenvalue weighted by atomic mass is 35.5. The number of ether oxygens (including phenoxy) is 1. The van der Waals surface area contributed by atoms with E-state index in [0.29, 0.717) is 48.8 Å². The Morgan fingerprint density at radius 2 is 1.80 bits per heavy atom. The number of nitrogens with one attached hydrogen (secondary N) is 2. The van der Waals surface area contributed by atoms with Gasteiger partial charge in [-0.1, -0.05) is 42.8 Å². The van der Waals surface area contributed by atoms with Gasteiger partial charge in [-0.25, -0.2) is 0 Å². The molecule has 2 aromatic heterocycles. The number of aliphatic imine (C=N–C) groups is 1. The van der Waals surface area contributed by atoms with Crippen molar-refractivity contribution >= 4 is 58.1 Å². The normalized spacial score (nSPS) is 17.6. The highest BCUT2D eigenvalue weighted by Gasteiger charge is 2.45. The molecule has 0 radical (unpaired) electrons. The number of thiophene rings is 1. The molecule has 7 rings (SSSR count). The second kappa shape index (κ2) is 15.7. The van der Waals surface area contributed by atoms with Gasteiger partial charge in [0.05, 0.1) is 23.3 Å². The molecule has 0 aliphatic carbocycles. The molecule has 4 amide bonds. The van der Waals surface area contributed by atoms with Crippen LogP contribution in [0.15, 0.2) is 59.7 Å². The second-order valence-corrected chi connectivity index (χ2v) is 15.5. The van der Waals surface area contributed by atoms with Gasteiger partial charge in [0.25, 0.3) is 11.8 Å². The van der Waals surface area contributed by atoms with E-state index in [2.05, 4.69) is 41.3 Å². The minimum Gasteiger partial charge on any atom is -0.485 e. The number of unbranched alkanes of at least 4 members (excludes halogenated alkanes) is 2. The average Bonchev–Trinajstić information content (AvgIpc) is 3.73. The van der Waals surface area contributed by atoms with E-state index in [4.69, 9.17) is 21.3 Å². The quantitative estimate of drug-likeness (QED) is 0.125. The fourth-order valence-corrected chi connectivity index (χ4v) is 8.49. The van der Waals surface area contributed by atoms with Crippen LogP contribution in [0.25, 0.3) is 5.00 Å². The number of rotatable bonds is 13. The first-order valence-electron chi connectivity index (χ1n) is 18.2. The van der Waals surface area contributed by atoms with Crippen molar-refractivity contribution in [2.45, 2.75) is 77.8 Å². The Morgan fingerprint density at radius 3 is 2.56 bits per heavy atom. The molecule has 1 saturated heterocycles. The number of aromatic nitrogens is 3. The molecule has 5 heterocycles. The maximum atomic E-state index is 13.3. The van der Waals surface area contributed by atoms with Crippen LogP contribution in [0.4, 0.5) is 0 Å². The Hall–Kier alpha value is -5.47. The first-order chi connectivity index (χ1) is 26.4. The Morgan fingerprint density at radius 1 is 1.02 bits per heavy atom. The molecular weight excluding hydrogens is 742 g/mol. The van der Waals surface area contributed by atoms with Gasteiger partial charge >= 0.3 is 0 Å². The van der Waals surface area contributed by atoms with Gasteiger partial charge in [-0.05, 0) is 76.3 Å². The van der Waals surface area contributed by atoms with Crippen LogP contribution in [0.2, 0.25) is 5.02 Å². The number of carbonyl (C=O) groups excluding carboxylic acids is 5. The fourth-order valence-electron chi connectivity index (χ4n) is 7.15. The Balaban J connectivity index is 0.906. The topological polar surface area (TPSA) is 165 Å². The number of nitrogens with zero attached hydrogens (tertiary/aromatic N) is 5. The molecule has 284 valence electrons. The predicted octanol–water partition coefficient (Wildman–Crippen LogP) is 5.90. The highest BCUT2D eigenvalue weighted by molar-refractivity contribution is 7.15. The molecule has 1 fully saturated rings. The van der Waals surface area contributed by atoms with Crippen LogP contribution in [0, 0.1) is 20.8 Å². The minimum atomic E-state index is -0.940. The highest BCUT2D eigenvalue weighted by Crippen LogP contribution is 2.40. The molecule has 0 saturated carbocycles. The SMILES string of the molecule is C=C1CCC(N2C(=O)c3cccc(OCC(=O)CCCCCNC(=O)C[C@@H]4N=C(c5ccc(Cl)cc5)c5c(sc(C)c5C)-n5c(C)nnc54)c3C2=O)C(=O)N1. The third-order valence-corrected chi connectivity index (χ3v) is 11.6. The number of hydrogen-bond acceptors (Lipinski definition) is 10. The number of ketones is 1. The number of allylic oxidation sites excluding steroid dienone is 1. The van der Waals surface area contributed by atoms with Crippen LogP contribution < -0.4 is 15.4 Å². The number of halogens is 1. The number of benzene rings is 2. The summed E-state index contributed by atoms with van der Waals surface area (Å²) in [6.45, 7) is 9.96. The molecule has 3 aliphatic heterocycles. The van der Waals surface area contributed by atoms with Crippen molar-refractivity contribution in [3.8, 4) is 10.8 Å². The van der Waals surface area contributed by atoms with Crippen LogP contribution in [-0.4, -0.2) is 74.0 Å². The van der Waals surface area contributed by atoms with Crippen molar-refractivity contribution in [3.63, 3.8) is 0 Å². The van der Waals surface area contributed by atoms with Crippen molar-refractivity contribution in [1.82, 2.24) is 30.3 Å². The van der Waals surface area contributed by atoms with Gasteiger partial charge in [0.1, 0.15) is 35.3 Å². The van der Waals surface area contributed by atoms with Crippen molar-refractivity contribution in [2.24, 2.45) is 4.99 Å². The van der Waals surface area contributed by atoms with E-state index in [0.717, 1.165) is 43.0 Å². The zero-order chi connectivity index (χ0) is 39.0. The van der Waals surface area contributed by atoms with E-state index in [1.54, 1.807) is 17.4 Å². The van der Waals surface area contributed by atoms with E-state index in [9.17, 15) is 24.0 Å². The maximum absolute atomic E-state index is 13.3. The van der Waals surface area contributed by atoms with E-state index >= 15 is 0 Å². The molecule has 4 aromatic rings. The van der Waals surface area contributed by atoms with Gasteiger partial charge < -0.3 is 15.4 Å². The molecule has 55 heavy (non-hydrogen) atoms. The number of amides is 4. The molecule has 2 N–H and O–H groups in total. The van der Waals surface area contributed by atoms with Crippen molar-refractivity contribution in [2.75, 3.05) is 13.2 Å². The number of hydrogen-bond donors (Lipinski definition) is 2. The summed E-state index contributed by atoms with van der Waals surface area (Å²) < 4.78 is 7.76. The zero-order valence-electron chi connectivity index (χ0n) is 30.7. The van der Waals surface area contributed by atoms with Crippen LogP contribution in [0.3, 0.4) is 0 Å². The number of aryl methyl sites for hydroxylation is 2. The molecule has 0 bridgehead atoms. The number of fused-ring (bicyclic) bond motifs is 4. The summed E-state index contributed by atoms with van der Waals surface area (Å²) in [4.78, 5) is 72.3. The minimum absolute atomic E-state index is 0.0562. The lowest BCUT2D eigenvalue weighted by Gasteiger charge is -2.29.